The third-order valence-corrected chi connectivity index (χ3v) is 4.82. The molecule has 0 unspecified atom stereocenters. The van der Waals surface area contributed by atoms with E-state index in [1.54, 1.807) is 6.08 Å². The Kier molecular flexibility index (Phi) is 29.5. The molecular formula is C27H52O. The fourth-order valence-corrected chi connectivity index (χ4v) is 3.17. The molecule has 0 amide bonds. The van der Waals surface area contributed by atoms with Gasteiger partial charge in [-0.2, -0.15) is 0 Å². The third kappa shape index (κ3) is 25.0. The molecule has 0 aromatic rings. The van der Waals surface area contributed by atoms with Gasteiger partial charge < -0.3 is 4.74 Å². The minimum absolute atomic E-state index is 0.825. The predicted octanol–water partition coefficient (Wildman–Crippen LogP) is 9.94. The van der Waals surface area contributed by atoms with E-state index in [1.807, 2.05) is 26.0 Å². The fourth-order valence-electron chi connectivity index (χ4n) is 3.17. The predicted molar refractivity (Wildman–Crippen MR) is 130 cm³/mol. The van der Waals surface area contributed by atoms with Crippen LogP contribution in [0.15, 0.2) is 36.6 Å². The topological polar surface area (TPSA) is 9.23 Å². The number of unbranched alkanes of at least 4 members (excludes halogenated alkanes) is 14. The van der Waals surface area contributed by atoms with Crippen LogP contribution in [0.5, 0.6) is 0 Å². The monoisotopic (exact) mass is 392 g/mol. The van der Waals surface area contributed by atoms with Crippen LogP contribution in [-0.4, -0.2) is 6.61 Å². The van der Waals surface area contributed by atoms with Crippen molar-refractivity contribution in [3.8, 4) is 0 Å². The van der Waals surface area contributed by atoms with Crippen molar-refractivity contribution in [1.82, 2.24) is 0 Å². The average molecular weight is 393 g/mol. The fraction of sp³-hybridized carbons (Fsp3) is 0.778. The van der Waals surface area contributed by atoms with Crippen molar-refractivity contribution in [2.24, 2.45) is 0 Å². The van der Waals surface area contributed by atoms with E-state index in [0.717, 1.165) is 25.2 Å². The Morgan fingerprint density at radius 1 is 0.679 bits per heavy atom. The number of hydrogen-bond donors (Lipinski definition) is 0. The molecule has 0 saturated carbocycles. The largest absolute Gasteiger partial charge is 0.494 e. The first-order valence-corrected chi connectivity index (χ1v) is 12.5. The van der Waals surface area contributed by atoms with Gasteiger partial charge in [0.1, 0.15) is 5.76 Å². The van der Waals surface area contributed by atoms with Crippen LogP contribution in [0, 0.1) is 0 Å². The molecule has 0 radical (unpaired) electrons. The van der Waals surface area contributed by atoms with E-state index >= 15 is 0 Å². The normalized spacial score (nSPS) is 11.4. The highest BCUT2D eigenvalue weighted by molar-refractivity contribution is 5.16. The Bertz CT molecular complexity index is 340. The summed E-state index contributed by atoms with van der Waals surface area (Å²) in [4.78, 5) is 0. The second-order valence-corrected chi connectivity index (χ2v) is 7.41. The molecule has 0 saturated heterocycles. The standard InChI is InChI=1S/C25H46O.C2H6/c1-4-7-9-10-11-12-13-14-15-16-17-18-19-20-21-24-26-25(22-6-3)23-8-5-2;1-2/h6,8,22-23H,3-5,7,9-21,24H2,1-2H3;1-2H3/b23-8-,25-22+;. The maximum atomic E-state index is 5.80. The number of ether oxygens (including phenoxy) is 1. The lowest BCUT2D eigenvalue weighted by atomic mass is 10.0. The van der Waals surface area contributed by atoms with Gasteiger partial charge in [-0.1, -0.05) is 136 Å². The maximum Gasteiger partial charge on any atom is 0.118 e. The van der Waals surface area contributed by atoms with E-state index in [-0.39, 0.29) is 0 Å². The second-order valence-electron chi connectivity index (χ2n) is 7.41. The quantitative estimate of drug-likeness (QED) is 0.114. The molecule has 0 spiro atoms. The summed E-state index contributed by atoms with van der Waals surface area (Å²) in [6.07, 6.45) is 29.9. The van der Waals surface area contributed by atoms with E-state index in [9.17, 15) is 0 Å². The Labute approximate surface area is 178 Å². The Morgan fingerprint density at radius 3 is 1.50 bits per heavy atom. The summed E-state index contributed by atoms with van der Waals surface area (Å²) in [6, 6.07) is 0. The van der Waals surface area contributed by atoms with Gasteiger partial charge in [-0.25, -0.2) is 0 Å². The smallest absolute Gasteiger partial charge is 0.118 e. The van der Waals surface area contributed by atoms with Crippen molar-refractivity contribution >= 4 is 0 Å². The summed E-state index contributed by atoms with van der Waals surface area (Å²) in [5.41, 5.74) is 0. The van der Waals surface area contributed by atoms with Crippen LogP contribution >= 0.6 is 0 Å². The lowest BCUT2D eigenvalue weighted by molar-refractivity contribution is 0.216. The van der Waals surface area contributed by atoms with Gasteiger partial charge >= 0.3 is 0 Å². The van der Waals surface area contributed by atoms with E-state index < -0.39 is 0 Å². The zero-order valence-corrected chi connectivity index (χ0v) is 19.9. The van der Waals surface area contributed by atoms with E-state index in [0.29, 0.717) is 0 Å². The minimum Gasteiger partial charge on any atom is -0.494 e. The van der Waals surface area contributed by atoms with Crippen LogP contribution in [0.4, 0.5) is 0 Å². The first-order valence-electron chi connectivity index (χ1n) is 12.5. The Balaban J connectivity index is 0. The van der Waals surface area contributed by atoms with Gasteiger partial charge in [-0.3, -0.25) is 0 Å². The van der Waals surface area contributed by atoms with E-state index in [1.165, 1.54) is 89.9 Å². The molecule has 0 aliphatic carbocycles. The molecule has 0 rings (SSSR count). The van der Waals surface area contributed by atoms with Gasteiger partial charge in [0.15, 0.2) is 0 Å². The molecule has 0 fully saturated rings. The molecule has 1 nitrogen and oxygen atoms in total. The summed E-state index contributed by atoms with van der Waals surface area (Å²) in [5, 5.41) is 0. The summed E-state index contributed by atoms with van der Waals surface area (Å²) in [6.45, 7) is 13.0. The van der Waals surface area contributed by atoms with Gasteiger partial charge in [0.05, 0.1) is 6.61 Å². The van der Waals surface area contributed by atoms with Gasteiger partial charge in [0.2, 0.25) is 0 Å². The van der Waals surface area contributed by atoms with Gasteiger partial charge in [-0.15, -0.1) is 0 Å². The van der Waals surface area contributed by atoms with Crippen LogP contribution in [0.3, 0.4) is 0 Å². The first-order chi connectivity index (χ1) is 13.8. The molecule has 0 aliphatic rings. The zero-order chi connectivity index (χ0) is 21.1. The van der Waals surface area contributed by atoms with Crippen molar-refractivity contribution in [3.05, 3.63) is 36.6 Å². The van der Waals surface area contributed by atoms with Crippen LogP contribution in [-0.2, 0) is 4.74 Å². The number of allylic oxidation sites excluding steroid dienone is 4. The lowest BCUT2D eigenvalue weighted by Crippen LogP contribution is -1.93. The van der Waals surface area contributed by atoms with Crippen LogP contribution in [0.25, 0.3) is 0 Å². The molecule has 28 heavy (non-hydrogen) atoms. The molecule has 166 valence electrons. The zero-order valence-electron chi connectivity index (χ0n) is 19.9. The Morgan fingerprint density at radius 2 is 1.11 bits per heavy atom. The summed E-state index contributed by atoms with van der Waals surface area (Å²) in [7, 11) is 0. The summed E-state index contributed by atoms with van der Waals surface area (Å²) in [5.74, 6) is 0.937. The van der Waals surface area contributed by atoms with E-state index in [4.69, 9.17) is 4.74 Å². The molecule has 0 atom stereocenters. The van der Waals surface area contributed by atoms with Gasteiger partial charge in [0.25, 0.3) is 0 Å². The molecule has 0 aromatic heterocycles. The average Bonchev–Trinajstić information content (AvgIpc) is 2.73. The van der Waals surface area contributed by atoms with Crippen molar-refractivity contribution < 1.29 is 4.74 Å². The van der Waals surface area contributed by atoms with Crippen molar-refractivity contribution in [1.29, 1.82) is 0 Å². The van der Waals surface area contributed by atoms with Crippen LogP contribution in [0.2, 0.25) is 0 Å². The molecule has 1 heteroatoms. The second kappa shape index (κ2) is 28.2. The molecule has 0 bridgehead atoms. The van der Waals surface area contributed by atoms with Crippen molar-refractivity contribution in [3.63, 3.8) is 0 Å². The molecule has 0 aliphatic heterocycles. The highest BCUT2D eigenvalue weighted by atomic mass is 16.5. The minimum atomic E-state index is 0.825. The third-order valence-electron chi connectivity index (χ3n) is 4.82. The highest BCUT2D eigenvalue weighted by Crippen LogP contribution is 2.13. The molecule has 0 N–H and O–H groups in total. The lowest BCUT2D eigenvalue weighted by Gasteiger charge is -2.07. The maximum absolute atomic E-state index is 5.80. The van der Waals surface area contributed by atoms with E-state index in [2.05, 4.69) is 26.5 Å². The van der Waals surface area contributed by atoms with Gasteiger partial charge in [-0.05, 0) is 25.0 Å². The Hall–Kier alpha value is -0.980. The number of rotatable bonds is 20. The molecule has 0 heterocycles. The van der Waals surface area contributed by atoms with Crippen LogP contribution < -0.4 is 0 Å². The molecular weight excluding hydrogens is 340 g/mol. The van der Waals surface area contributed by atoms with Crippen molar-refractivity contribution in [2.45, 2.75) is 130 Å². The van der Waals surface area contributed by atoms with Crippen molar-refractivity contribution in [2.75, 3.05) is 6.61 Å². The highest BCUT2D eigenvalue weighted by Gasteiger charge is 1.96. The SMILES string of the molecule is C=C/C=C(\C=C/CC)OCCCCCCCCCCCCCCCCC.CC. The van der Waals surface area contributed by atoms with Crippen LogP contribution in [0.1, 0.15) is 130 Å². The molecule has 0 aromatic carbocycles. The first kappa shape index (κ1) is 29.2. The summed E-state index contributed by atoms with van der Waals surface area (Å²) >= 11 is 0. The summed E-state index contributed by atoms with van der Waals surface area (Å²) < 4.78 is 5.80. The number of hydrogen-bond acceptors (Lipinski definition) is 1. The van der Waals surface area contributed by atoms with Gasteiger partial charge in [0, 0.05) is 0 Å².